The van der Waals surface area contributed by atoms with E-state index in [1.165, 1.54) is 5.46 Å². The second kappa shape index (κ2) is 6.77. The first-order chi connectivity index (χ1) is 12.3. The van der Waals surface area contributed by atoms with Crippen molar-refractivity contribution in [1.29, 1.82) is 0 Å². The standard InChI is InChI=1S/C21H18BN3/c22-18-14-8-7-13-17(18)21-24-19(15-9-3-1-4-10-15)23-20(25-21)16-11-5-2-6-12-16/h1-14,19H,22H2,(H,23,24,25). The number of nitrogens with one attached hydrogen (secondary N) is 1. The highest BCUT2D eigenvalue weighted by atomic mass is 15.2. The van der Waals surface area contributed by atoms with Crippen LogP contribution < -0.4 is 10.8 Å². The lowest BCUT2D eigenvalue weighted by Crippen LogP contribution is -2.36. The minimum atomic E-state index is -0.150. The van der Waals surface area contributed by atoms with Crippen LogP contribution in [0.4, 0.5) is 0 Å². The van der Waals surface area contributed by atoms with E-state index in [9.17, 15) is 0 Å². The fraction of sp³-hybridized carbons (Fsp3) is 0.0476. The molecule has 4 rings (SSSR count). The van der Waals surface area contributed by atoms with Gasteiger partial charge in [0.05, 0.1) is 0 Å². The third-order valence-corrected chi connectivity index (χ3v) is 4.29. The van der Waals surface area contributed by atoms with Crippen molar-refractivity contribution in [3.8, 4) is 0 Å². The van der Waals surface area contributed by atoms with Crippen LogP contribution in [0.25, 0.3) is 0 Å². The van der Waals surface area contributed by atoms with Crippen LogP contribution in [0, 0.1) is 0 Å². The van der Waals surface area contributed by atoms with Crippen molar-refractivity contribution >= 4 is 25.0 Å². The Morgan fingerprint density at radius 2 is 1.40 bits per heavy atom. The number of amidine groups is 2. The summed E-state index contributed by atoms with van der Waals surface area (Å²) in [7, 11) is 2.10. The van der Waals surface area contributed by atoms with Gasteiger partial charge in [0.1, 0.15) is 19.8 Å². The van der Waals surface area contributed by atoms with Gasteiger partial charge in [-0.2, -0.15) is 0 Å². The minimum Gasteiger partial charge on any atom is -0.344 e. The molecule has 0 spiro atoms. The van der Waals surface area contributed by atoms with E-state index >= 15 is 0 Å². The van der Waals surface area contributed by atoms with Gasteiger partial charge >= 0.3 is 0 Å². The highest BCUT2D eigenvalue weighted by molar-refractivity contribution is 6.37. The van der Waals surface area contributed by atoms with E-state index < -0.39 is 0 Å². The van der Waals surface area contributed by atoms with Crippen LogP contribution in [-0.2, 0) is 0 Å². The van der Waals surface area contributed by atoms with Crippen LogP contribution in [-0.4, -0.2) is 19.5 Å². The Balaban J connectivity index is 1.81. The largest absolute Gasteiger partial charge is 0.344 e. The van der Waals surface area contributed by atoms with E-state index in [-0.39, 0.29) is 6.17 Å². The summed E-state index contributed by atoms with van der Waals surface area (Å²) >= 11 is 0. The van der Waals surface area contributed by atoms with E-state index in [1.54, 1.807) is 0 Å². The summed E-state index contributed by atoms with van der Waals surface area (Å²) in [5, 5.41) is 3.49. The fourth-order valence-corrected chi connectivity index (χ4v) is 2.95. The number of rotatable bonds is 3. The van der Waals surface area contributed by atoms with Crippen LogP contribution >= 0.6 is 0 Å². The predicted molar refractivity (Wildman–Crippen MR) is 106 cm³/mol. The maximum absolute atomic E-state index is 4.85. The SMILES string of the molecule is Bc1ccccc1C1=NC(c2ccccc2)=NC(c2ccccc2)N1. The molecule has 1 atom stereocenters. The average Bonchev–Trinajstić information content (AvgIpc) is 2.69. The first kappa shape index (κ1) is 15.4. The summed E-state index contributed by atoms with van der Waals surface area (Å²) in [6, 6.07) is 28.7. The summed E-state index contributed by atoms with van der Waals surface area (Å²) in [6.07, 6.45) is -0.150. The Labute approximate surface area is 148 Å². The zero-order valence-electron chi connectivity index (χ0n) is 14.1. The molecule has 1 N–H and O–H groups in total. The van der Waals surface area contributed by atoms with E-state index in [0.717, 1.165) is 28.4 Å². The van der Waals surface area contributed by atoms with Gasteiger partial charge in [-0.1, -0.05) is 90.4 Å². The molecule has 3 aromatic carbocycles. The molecule has 4 heteroatoms. The van der Waals surface area contributed by atoms with Gasteiger partial charge < -0.3 is 5.32 Å². The van der Waals surface area contributed by atoms with Crippen molar-refractivity contribution < 1.29 is 0 Å². The van der Waals surface area contributed by atoms with Gasteiger partial charge in [-0.25, -0.2) is 9.98 Å². The van der Waals surface area contributed by atoms with Crippen LogP contribution in [0.1, 0.15) is 22.9 Å². The lowest BCUT2D eigenvalue weighted by atomic mass is 9.90. The first-order valence-corrected chi connectivity index (χ1v) is 8.41. The van der Waals surface area contributed by atoms with Crippen molar-refractivity contribution in [1.82, 2.24) is 5.32 Å². The quantitative estimate of drug-likeness (QED) is 0.739. The zero-order chi connectivity index (χ0) is 17.1. The van der Waals surface area contributed by atoms with Crippen molar-refractivity contribution in [2.75, 3.05) is 0 Å². The van der Waals surface area contributed by atoms with E-state index in [1.807, 2.05) is 60.7 Å². The molecule has 0 aliphatic carbocycles. The smallest absolute Gasteiger partial charge is 0.159 e. The van der Waals surface area contributed by atoms with Crippen molar-refractivity contribution in [3.63, 3.8) is 0 Å². The zero-order valence-corrected chi connectivity index (χ0v) is 14.1. The molecule has 0 fully saturated rings. The predicted octanol–water partition coefficient (Wildman–Crippen LogP) is 2.44. The highest BCUT2D eigenvalue weighted by Crippen LogP contribution is 2.20. The summed E-state index contributed by atoms with van der Waals surface area (Å²) < 4.78 is 0. The lowest BCUT2D eigenvalue weighted by molar-refractivity contribution is 0.674. The molecule has 3 aromatic rings. The summed E-state index contributed by atoms with van der Waals surface area (Å²) in [4.78, 5) is 9.66. The van der Waals surface area contributed by atoms with Gasteiger partial charge in [0, 0.05) is 11.1 Å². The first-order valence-electron chi connectivity index (χ1n) is 8.41. The monoisotopic (exact) mass is 323 g/mol. The van der Waals surface area contributed by atoms with Crippen molar-refractivity contribution in [2.45, 2.75) is 6.17 Å². The maximum Gasteiger partial charge on any atom is 0.159 e. The molecule has 0 aromatic heterocycles. The third kappa shape index (κ3) is 3.24. The van der Waals surface area contributed by atoms with Gasteiger partial charge in [0.2, 0.25) is 0 Å². The lowest BCUT2D eigenvalue weighted by Gasteiger charge is -2.24. The molecule has 0 saturated carbocycles. The van der Waals surface area contributed by atoms with Gasteiger partial charge in [-0.15, -0.1) is 0 Å². The molecule has 0 saturated heterocycles. The highest BCUT2D eigenvalue weighted by Gasteiger charge is 2.21. The Kier molecular flexibility index (Phi) is 4.17. The Hall–Kier alpha value is -3.14. The van der Waals surface area contributed by atoms with Crippen molar-refractivity contribution in [2.24, 2.45) is 9.98 Å². The second-order valence-corrected chi connectivity index (χ2v) is 6.05. The molecule has 120 valence electrons. The molecule has 1 aliphatic heterocycles. The van der Waals surface area contributed by atoms with E-state index in [0.29, 0.717) is 0 Å². The molecule has 1 unspecified atom stereocenters. The molecular formula is C21H18BN3. The molecule has 0 bridgehead atoms. The van der Waals surface area contributed by atoms with Gasteiger partial charge in [-0.3, -0.25) is 0 Å². The average molecular weight is 323 g/mol. The van der Waals surface area contributed by atoms with Crippen molar-refractivity contribution in [3.05, 3.63) is 102 Å². The number of hydrogen-bond acceptors (Lipinski definition) is 3. The van der Waals surface area contributed by atoms with Crippen LogP contribution in [0.15, 0.2) is 94.9 Å². The van der Waals surface area contributed by atoms with Gasteiger partial charge in [0.15, 0.2) is 5.84 Å². The Morgan fingerprint density at radius 1 is 0.760 bits per heavy atom. The molecule has 25 heavy (non-hydrogen) atoms. The fourth-order valence-electron chi connectivity index (χ4n) is 2.95. The number of benzene rings is 3. The Bertz CT molecular complexity index is 934. The molecule has 3 nitrogen and oxygen atoms in total. The van der Waals surface area contributed by atoms with Crippen LogP contribution in [0.2, 0.25) is 0 Å². The molecule has 1 aliphatic rings. The minimum absolute atomic E-state index is 0.150. The van der Waals surface area contributed by atoms with E-state index in [2.05, 4.69) is 37.4 Å². The second-order valence-electron chi connectivity index (χ2n) is 6.05. The molecule has 0 amide bonds. The van der Waals surface area contributed by atoms with Crippen LogP contribution in [0.3, 0.4) is 0 Å². The normalized spacial score (nSPS) is 16.6. The topological polar surface area (TPSA) is 36.8 Å². The summed E-state index contributed by atoms with van der Waals surface area (Å²) in [5.41, 5.74) is 4.44. The Morgan fingerprint density at radius 3 is 2.12 bits per heavy atom. The number of hydrogen-bond donors (Lipinski definition) is 1. The van der Waals surface area contributed by atoms with Gasteiger partial charge in [-0.05, 0) is 5.56 Å². The van der Waals surface area contributed by atoms with Gasteiger partial charge in [0.25, 0.3) is 0 Å². The summed E-state index contributed by atoms with van der Waals surface area (Å²) in [6.45, 7) is 0. The number of nitrogens with zero attached hydrogens (tertiary/aromatic N) is 2. The van der Waals surface area contributed by atoms with Crippen LogP contribution in [0.5, 0.6) is 0 Å². The van der Waals surface area contributed by atoms with E-state index in [4.69, 9.17) is 9.98 Å². The molecule has 1 heterocycles. The molecular weight excluding hydrogens is 305 g/mol. The summed E-state index contributed by atoms with van der Waals surface area (Å²) in [5.74, 6) is 1.62. The maximum atomic E-state index is 4.85. The third-order valence-electron chi connectivity index (χ3n) is 4.29. The number of aliphatic imine (C=N–C) groups is 2. The molecule has 0 radical (unpaired) electrons.